The summed E-state index contributed by atoms with van der Waals surface area (Å²) in [5, 5.41) is 7.37. The zero-order valence-corrected chi connectivity index (χ0v) is 4.33. The SMILES string of the molecule is C[C@@H]1C=NN=CC1. The number of rotatable bonds is 0. The van der Waals surface area contributed by atoms with Crippen molar-refractivity contribution < 1.29 is 0 Å². The lowest BCUT2D eigenvalue weighted by atomic mass is 10.1. The van der Waals surface area contributed by atoms with Gasteiger partial charge < -0.3 is 0 Å². The van der Waals surface area contributed by atoms with Gasteiger partial charge in [-0.2, -0.15) is 10.2 Å². The molecule has 0 bridgehead atoms. The monoisotopic (exact) mass is 96.1 g/mol. The fraction of sp³-hybridized carbons (Fsp3) is 0.600. The van der Waals surface area contributed by atoms with E-state index in [-0.39, 0.29) is 0 Å². The Morgan fingerprint density at radius 3 is 2.71 bits per heavy atom. The average Bonchev–Trinajstić information content (AvgIpc) is 1.69. The first-order chi connectivity index (χ1) is 3.39. The van der Waals surface area contributed by atoms with Crippen LogP contribution in [0.4, 0.5) is 0 Å². The van der Waals surface area contributed by atoms with Gasteiger partial charge in [0.05, 0.1) is 0 Å². The molecule has 0 saturated heterocycles. The highest BCUT2D eigenvalue weighted by Crippen LogP contribution is 1.98. The summed E-state index contributed by atoms with van der Waals surface area (Å²) in [7, 11) is 0. The second kappa shape index (κ2) is 1.87. The van der Waals surface area contributed by atoms with E-state index in [1.54, 1.807) is 0 Å². The van der Waals surface area contributed by atoms with Crippen molar-refractivity contribution in [2.75, 3.05) is 0 Å². The molecule has 7 heavy (non-hydrogen) atoms. The molecule has 0 amide bonds. The first-order valence-corrected chi connectivity index (χ1v) is 2.44. The molecule has 1 aliphatic rings. The van der Waals surface area contributed by atoms with Crippen LogP contribution in [0.3, 0.4) is 0 Å². The molecule has 0 aliphatic carbocycles. The Hall–Kier alpha value is -0.660. The summed E-state index contributed by atoms with van der Waals surface area (Å²) in [5.74, 6) is 0.595. The standard InChI is InChI=1S/C5H8N2/c1-5-2-3-6-7-4-5/h3-5H,2H2,1H3/t5-/m0/s1. The van der Waals surface area contributed by atoms with Crippen molar-refractivity contribution >= 4 is 12.4 Å². The van der Waals surface area contributed by atoms with Crippen LogP contribution in [-0.4, -0.2) is 12.4 Å². The molecule has 1 atom stereocenters. The van der Waals surface area contributed by atoms with E-state index in [4.69, 9.17) is 0 Å². The third-order valence-electron chi connectivity index (χ3n) is 0.947. The van der Waals surface area contributed by atoms with E-state index in [1.165, 1.54) is 0 Å². The van der Waals surface area contributed by atoms with Gasteiger partial charge in [-0.05, 0) is 12.3 Å². The minimum absolute atomic E-state index is 0.595. The summed E-state index contributed by atoms with van der Waals surface area (Å²) >= 11 is 0. The second-order valence-corrected chi connectivity index (χ2v) is 1.78. The molecular weight excluding hydrogens is 88.1 g/mol. The van der Waals surface area contributed by atoms with Gasteiger partial charge >= 0.3 is 0 Å². The molecule has 38 valence electrons. The largest absolute Gasteiger partial charge is 0.164 e. The van der Waals surface area contributed by atoms with Gasteiger partial charge in [-0.25, -0.2) is 0 Å². The van der Waals surface area contributed by atoms with Crippen molar-refractivity contribution in [1.82, 2.24) is 0 Å². The lowest BCUT2D eigenvalue weighted by molar-refractivity contribution is 0.822. The third kappa shape index (κ3) is 1.11. The maximum atomic E-state index is 3.70. The molecule has 0 aromatic carbocycles. The Labute approximate surface area is 43.0 Å². The van der Waals surface area contributed by atoms with E-state index in [0.29, 0.717) is 5.92 Å². The summed E-state index contributed by atoms with van der Waals surface area (Å²) in [4.78, 5) is 0. The Balaban J connectivity index is 2.49. The van der Waals surface area contributed by atoms with Crippen molar-refractivity contribution in [2.45, 2.75) is 13.3 Å². The van der Waals surface area contributed by atoms with Crippen LogP contribution in [0.2, 0.25) is 0 Å². The lowest BCUT2D eigenvalue weighted by Gasteiger charge is -1.99. The molecule has 0 N–H and O–H groups in total. The van der Waals surface area contributed by atoms with Crippen molar-refractivity contribution in [3.63, 3.8) is 0 Å². The molecule has 1 heterocycles. The van der Waals surface area contributed by atoms with E-state index in [9.17, 15) is 0 Å². The fourth-order valence-corrected chi connectivity index (χ4v) is 0.474. The molecule has 2 heteroatoms. The van der Waals surface area contributed by atoms with E-state index in [1.807, 2.05) is 12.4 Å². The van der Waals surface area contributed by atoms with Crippen LogP contribution < -0.4 is 0 Å². The van der Waals surface area contributed by atoms with Crippen molar-refractivity contribution in [3.05, 3.63) is 0 Å². The topological polar surface area (TPSA) is 24.7 Å². The van der Waals surface area contributed by atoms with E-state index in [2.05, 4.69) is 17.1 Å². The van der Waals surface area contributed by atoms with Gasteiger partial charge in [0, 0.05) is 12.4 Å². The highest BCUT2D eigenvalue weighted by Gasteiger charge is 1.96. The van der Waals surface area contributed by atoms with E-state index < -0.39 is 0 Å². The maximum absolute atomic E-state index is 3.70. The van der Waals surface area contributed by atoms with Crippen LogP contribution in [-0.2, 0) is 0 Å². The van der Waals surface area contributed by atoms with Gasteiger partial charge in [-0.3, -0.25) is 0 Å². The molecule has 0 spiro atoms. The van der Waals surface area contributed by atoms with E-state index in [0.717, 1.165) is 6.42 Å². The third-order valence-corrected chi connectivity index (χ3v) is 0.947. The Morgan fingerprint density at radius 2 is 2.43 bits per heavy atom. The zero-order valence-electron chi connectivity index (χ0n) is 4.33. The highest BCUT2D eigenvalue weighted by atomic mass is 15.2. The lowest BCUT2D eigenvalue weighted by Crippen LogP contribution is -1.99. The first kappa shape index (κ1) is 4.50. The summed E-state index contributed by atoms with van der Waals surface area (Å²) < 4.78 is 0. The normalized spacial score (nSPS) is 28.4. The molecule has 0 aromatic heterocycles. The van der Waals surface area contributed by atoms with Crippen LogP contribution in [0.25, 0.3) is 0 Å². The predicted octanol–water partition coefficient (Wildman–Crippen LogP) is 1.08. The summed E-state index contributed by atoms with van der Waals surface area (Å²) in [6.45, 7) is 2.12. The average molecular weight is 96.1 g/mol. The van der Waals surface area contributed by atoms with Gasteiger partial charge in [-0.15, -0.1) is 0 Å². The maximum Gasteiger partial charge on any atom is 0.0302 e. The van der Waals surface area contributed by atoms with Crippen LogP contribution >= 0.6 is 0 Å². The van der Waals surface area contributed by atoms with Gasteiger partial charge in [0.1, 0.15) is 0 Å². The van der Waals surface area contributed by atoms with Gasteiger partial charge in [0.2, 0.25) is 0 Å². The quantitative estimate of drug-likeness (QED) is 0.431. The molecule has 0 saturated carbocycles. The molecule has 0 radical (unpaired) electrons. The number of nitrogens with zero attached hydrogens (tertiary/aromatic N) is 2. The molecule has 0 aromatic rings. The molecule has 1 rings (SSSR count). The zero-order chi connectivity index (χ0) is 5.11. The molecule has 2 nitrogen and oxygen atoms in total. The van der Waals surface area contributed by atoms with E-state index >= 15 is 0 Å². The van der Waals surface area contributed by atoms with Crippen molar-refractivity contribution in [1.29, 1.82) is 0 Å². The van der Waals surface area contributed by atoms with Gasteiger partial charge in [0.15, 0.2) is 0 Å². The summed E-state index contributed by atoms with van der Waals surface area (Å²) in [6, 6.07) is 0. The van der Waals surface area contributed by atoms with Gasteiger partial charge in [-0.1, -0.05) is 6.92 Å². The molecular formula is C5H8N2. The van der Waals surface area contributed by atoms with Gasteiger partial charge in [0.25, 0.3) is 0 Å². The summed E-state index contributed by atoms with van der Waals surface area (Å²) in [6.07, 6.45) is 4.74. The smallest absolute Gasteiger partial charge is 0.0302 e. The highest BCUT2D eigenvalue weighted by molar-refractivity contribution is 5.71. The van der Waals surface area contributed by atoms with Crippen LogP contribution in [0.5, 0.6) is 0 Å². The minimum Gasteiger partial charge on any atom is -0.164 e. The molecule has 1 aliphatic heterocycles. The first-order valence-electron chi connectivity index (χ1n) is 2.44. The van der Waals surface area contributed by atoms with Crippen LogP contribution in [0, 0.1) is 5.92 Å². The molecule has 0 unspecified atom stereocenters. The minimum atomic E-state index is 0.595. The van der Waals surface area contributed by atoms with Crippen molar-refractivity contribution in [3.8, 4) is 0 Å². The number of hydrogen-bond acceptors (Lipinski definition) is 2. The van der Waals surface area contributed by atoms with Crippen molar-refractivity contribution in [2.24, 2.45) is 16.1 Å². The molecule has 0 fully saturated rings. The summed E-state index contributed by atoms with van der Waals surface area (Å²) in [5.41, 5.74) is 0. The second-order valence-electron chi connectivity index (χ2n) is 1.78. The Kier molecular flexibility index (Phi) is 1.20. The Bertz CT molecular complexity index is 105. The predicted molar refractivity (Wildman–Crippen MR) is 30.8 cm³/mol. The van der Waals surface area contributed by atoms with Crippen LogP contribution in [0.1, 0.15) is 13.3 Å². The number of hydrogen-bond donors (Lipinski definition) is 0. The fourth-order valence-electron chi connectivity index (χ4n) is 0.474. The van der Waals surface area contributed by atoms with Crippen LogP contribution in [0.15, 0.2) is 10.2 Å². The Morgan fingerprint density at radius 1 is 1.57 bits per heavy atom.